The highest BCUT2D eigenvalue weighted by Crippen LogP contribution is 2.40. The zero-order valence-electron chi connectivity index (χ0n) is 8.86. The van der Waals surface area contributed by atoms with Crippen molar-refractivity contribution in [2.45, 2.75) is 18.4 Å². The second-order valence-electron chi connectivity index (χ2n) is 3.62. The standard InChI is InChI=1S/C11H11ClO4/c1-5-10(12)7-3-6(15-2)4-8(13)9(7)11(14)16-5/h3-5,10,13H,1-2H3/t5-,10+/m0/s1. The van der Waals surface area contributed by atoms with Gasteiger partial charge in [-0.05, 0) is 18.6 Å². The lowest BCUT2D eigenvalue weighted by atomic mass is 9.97. The maximum Gasteiger partial charge on any atom is 0.342 e. The number of alkyl halides is 1. The van der Waals surface area contributed by atoms with Crippen LogP contribution in [0.2, 0.25) is 0 Å². The van der Waals surface area contributed by atoms with Gasteiger partial charge < -0.3 is 14.6 Å². The quantitative estimate of drug-likeness (QED) is 0.606. The third-order valence-electron chi connectivity index (χ3n) is 2.56. The number of hydrogen-bond donors (Lipinski definition) is 1. The lowest BCUT2D eigenvalue weighted by molar-refractivity contribution is 0.0284. The Hall–Kier alpha value is -1.42. The van der Waals surface area contributed by atoms with Crippen molar-refractivity contribution in [2.24, 2.45) is 0 Å². The molecular formula is C11H11ClO4. The number of rotatable bonds is 1. The van der Waals surface area contributed by atoms with Crippen molar-refractivity contribution in [3.8, 4) is 11.5 Å². The van der Waals surface area contributed by atoms with Crippen molar-refractivity contribution in [3.63, 3.8) is 0 Å². The van der Waals surface area contributed by atoms with E-state index >= 15 is 0 Å². The summed E-state index contributed by atoms with van der Waals surface area (Å²) in [5.41, 5.74) is 0.668. The fourth-order valence-electron chi connectivity index (χ4n) is 1.72. The van der Waals surface area contributed by atoms with Crippen molar-refractivity contribution >= 4 is 17.6 Å². The minimum Gasteiger partial charge on any atom is -0.507 e. The van der Waals surface area contributed by atoms with Gasteiger partial charge in [-0.1, -0.05) is 0 Å². The molecular weight excluding hydrogens is 232 g/mol. The fourth-order valence-corrected chi connectivity index (χ4v) is 1.94. The van der Waals surface area contributed by atoms with Crippen LogP contribution in [0.4, 0.5) is 0 Å². The number of carbonyl (C=O) groups is 1. The highest BCUT2D eigenvalue weighted by molar-refractivity contribution is 6.22. The van der Waals surface area contributed by atoms with E-state index in [4.69, 9.17) is 21.1 Å². The molecule has 0 saturated carbocycles. The van der Waals surface area contributed by atoms with E-state index in [-0.39, 0.29) is 11.3 Å². The highest BCUT2D eigenvalue weighted by atomic mass is 35.5. The first-order valence-electron chi connectivity index (χ1n) is 4.80. The molecule has 4 nitrogen and oxygen atoms in total. The summed E-state index contributed by atoms with van der Waals surface area (Å²) < 4.78 is 10.0. The predicted octanol–water partition coefficient (Wildman–Crippen LogP) is 2.24. The lowest BCUT2D eigenvalue weighted by Gasteiger charge is -2.27. The molecule has 86 valence electrons. The Morgan fingerprint density at radius 2 is 2.19 bits per heavy atom. The normalized spacial score (nSPS) is 23.6. The topological polar surface area (TPSA) is 55.8 Å². The largest absolute Gasteiger partial charge is 0.507 e. The molecule has 1 aliphatic heterocycles. The predicted molar refractivity (Wildman–Crippen MR) is 58.1 cm³/mol. The summed E-state index contributed by atoms with van der Waals surface area (Å²) in [6.07, 6.45) is -0.423. The van der Waals surface area contributed by atoms with E-state index in [9.17, 15) is 9.90 Å². The molecule has 0 amide bonds. The van der Waals surface area contributed by atoms with Gasteiger partial charge >= 0.3 is 5.97 Å². The minimum atomic E-state index is -0.556. The molecule has 1 aromatic rings. The number of ether oxygens (including phenoxy) is 2. The Kier molecular flexibility index (Phi) is 2.68. The second-order valence-corrected chi connectivity index (χ2v) is 4.09. The van der Waals surface area contributed by atoms with Crippen LogP contribution in [0.15, 0.2) is 12.1 Å². The molecule has 1 N–H and O–H groups in total. The number of benzene rings is 1. The molecule has 0 aliphatic carbocycles. The molecule has 0 saturated heterocycles. The van der Waals surface area contributed by atoms with Gasteiger partial charge in [0, 0.05) is 6.07 Å². The Bertz CT molecular complexity index is 444. The molecule has 2 atom stereocenters. The van der Waals surface area contributed by atoms with Crippen LogP contribution in [0.3, 0.4) is 0 Å². The summed E-state index contributed by atoms with van der Waals surface area (Å²) in [6, 6.07) is 3.00. The number of fused-ring (bicyclic) bond motifs is 1. The van der Waals surface area contributed by atoms with E-state index in [1.165, 1.54) is 13.2 Å². The molecule has 1 heterocycles. The van der Waals surface area contributed by atoms with Crippen LogP contribution in [0.25, 0.3) is 0 Å². The van der Waals surface area contributed by atoms with Gasteiger partial charge in [-0.25, -0.2) is 4.79 Å². The maximum absolute atomic E-state index is 11.6. The van der Waals surface area contributed by atoms with Gasteiger partial charge in [0.25, 0.3) is 0 Å². The van der Waals surface area contributed by atoms with Crippen LogP contribution in [0.1, 0.15) is 28.2 Å². The van der Waals surface area contributed by atoms with Gasteiger partial charge in [0.15, 0.2) is 0 Å². The van der Waals surface area contributed by atoms with Crippen molar-refractivity contribution in [2.75, 3.05) is 7.11 Å². The average Bonchev–Trinajstić information content (AvgIpc) is 2.24. The van der Waals surface area contributed by atoms with Crippen LogP contribution in [-0.2, 0) is 4.74 Å². The molecule has 1 aromatic carbocycles. The average molecular weight is 243 g/mol. The third kappa shape index (κ3) is 1.59. The second kappa shape index (κ2) is 3.87. The van der Waals surface area contributed by atoms with Gasteiger partial charge in [0.2, 0.25) is 0 Å². The van der Waals surface area contributed by atoms with Gasteiger partial charge in [-0.15, -0.1) is 11.6 Å². The molecule has 16 heavy (non-hydrogen) atoms. The molecule has 0 radical (unpaired) electrons. The summed E-state index contributed by atoms with van der Waals surface area (Å²) in [6.45, 7) is 1.70. The minimum absolute atomic E-state index is 0.124. The van der Waals surface area contributed by atoms with Crippen molar-refractivity contribution in [1.29, 1.82) is 0 Å². The van der Waals surface area contributed by atoms with E-state index < -0.39 is 17.5 Å². The molecule has 5 heteroatoms. The number of methoxy groups -OCH3 is 1. The highest BCUT2D eigenvalue weighted by Gasteiger charge is 2.34. The molecule has 0 aromatic heterocycles. The molecule has 1 aliphatic rings. The van der Waals surface area contributed by atoms with Crippen LogP contribution < -0.4 is 4.74 Å². The summed E-state index contributed by atoms with van der Waals surface area (Å²) in [5.74, 6) is -0.264. The summed E-state index contributed by atoms with van der Waals surface area (Å²) in [4.78, 5) is 11.6. The number of phenols is 1. The molecule has 0 unspecified atom stereocenters. The van der Waals surface area contributed by atoms with Gasteiger partial charge in [0.05, 0.1) is 12.5 Å². The zero-order valence-corrected chi connectivity index (χ0v) is 9.62. The van der Waals surface area contributed by atoms with Crippen LogP contribution in [0, 0.1) is 0 Å². The Balaban J connectivity index is 2.62. The maximum atomic E-state index is 11.6. The summed E-state index contributed by atoms with van der Waals surface area (Å²) in [5, 5.41) is 9.23. The SMILES string of the molecule is COc1cc(O)c2c(c1)[C@H](Cl)[C@H](C)OC2=O. The van der Waals surface area contributed by atoms with E-state index in [1.807, 2.05) is 0 Å². The van der Waals surface area contributed by atoms with Gasteiger partial charge in [-0.3, -0.25) is 0 Å². The van der Waals surface area contributed by atoms with Crippen LogP contribution in [0.5, 0.6) is 11.5 Å². The zero-order chi connectivity index (χ0) is 11.9. The van der Waals surface area contributed by atoms with Crippen molar-refractivity contribution in [3.05, 3.63) is 23.3 Å². The number of hydrogen-bond acceptors (Lipinski definition) is 4. The number of phenolic OH excluding ortho intramolecular Hbond substituents is 1. The molecule has 0 bridgehead atoms. The molecule has 0 fully saturated rings. The molecule has 2 rings (SSSR count). The fraction of sp³-hybridized carbons (Fsp3) is 0.364. The smallest absolute Gasteiger partial charge is 0.342 e. The third-order valence-corrected chi connectivity index (χ3v) is 3.15. The van der Waals surface area contributed by atoms with Gasteiger partial charge in [0.1, 0.15) is 23.2 Å². The van der Waals surface area contributed by atoms with Crippen molar-refractivity contribution < 1.29 is 19.4 Å². The number of carbonyl (C=O) groups excluding carboxylic acids is 1. The van der Waals surface area contributed by atoms with Gasteiger partial charge in [-0.2, -0.15) is 0 Å². The Morgan fingerprint density at radius 1 is 1.50 bits per heavy atom. The number of aromatic hydroxyl groups is 1. The number of halogens is 1. The molecule has 0 spiro atoms. The van der Waals surface area contributed by atoms with E-state index in [0.29, 0.717) is 11.3 Å². The Labute approximate surface area is 97.7 Å². The number of esters is 1. The monoisotopic (exact) mass is 242 g/mol. The number of cyclic esters (lactones) is 1. The van der Waals surface area contributed by atoms with Crippen molar-refractivity contribution in [1.82, 2.24) is 0 Å². The van der Waals surface area contributed by atoms with E-state index in [0.717, 1.165) is 0 Å². The van der Waals surface area contributed by atoms with E-state index in [1.54, 1.807) is 13.0 Å². The Morgan fingerprint density at radius 3 is 2.81 bits per heavy atom. The van der Waals surface area contributed by atoms with Crippen LogP contribution in [-0.4, -0.2) is 24.3 Å². The first kappa shape index (κ1) is 11.1. The first-order chi connectivity index (χ1) is 7.54. The summed E-state index contributed by atoms with van der Waals surface area (Å²) >= 11 is 6.12. The first-order valence-corrected chi connectivity index (χ1v) is 5.24. The lowest BCUT2D eigenvalue weighted by Crippen LogP contribution is -2.27. The summed E-state index contributed by atoms with van der Waals surface area (Å²) in [7, 11) is 1.48. The van der Waals surface area contributed by atoms with Crippen LogP contribution >= 0.6 is 11.6 Å². The van der Waals surface area contributed by atoms with E-state index in [2.05, 4.69) is 0 Å².